The summed E-state index contributed by atoms with van der Waals surface area (Å²) in [5, 5.41) is 0.728. The zero-order valence-electron chi connectivity index (χ0n) is 14.9. The summed E-state index contributed by atoms with van der Waals surface area (Å²) >= 11 is 6.22. The molecule has 26 heavy (non-hydrogen) atoms. The van der Waals surface area contributed by atoms with Gasteiger partial charge in [0.05, 0.1) is 5.02 Å². The monoisotopic (exact) mass is 371 g/mol. The number of nitrogens with zero attached hydrogens (tertiary/aromatic N) is 2. The molecule has 1 saturated heterocycles. The lowest BCUT2D eigenvalue weighted by Crippen LogP contribution is -2.38. The van der Waals surface area contributed by atoms with Crippen LogP contribution in [0.5, 0.6) is 0 Å². The van der Waals surface area contributed by atoms with Crippen molar-refractivity contribution in [3.63, 3.8) is 0 Å². The van der Waals surface area contributed by atoms with Gasteiger partial charge in [0.1, 0.15) is 0 Å². The highest BCUT2D eigenvalue weighted by molar-refractivity contribution is 6.31. The summed E-state index contributed by atoms with van der Waals surface area (Å²) in [5.74, 6) is 6.18. The van der Waals surface area contributed by atoms with Crippen molar-refractivity contribution in [3.8, 4) is 0 Å². The number of hydrogen-bond acceptors (Lipinski definition) is 5. The minimum Gasteiger partial charge on any atom is -0.400 e. The van der Waals surface area contributed by atoms with Gasteiger partial charge in [0.25, 0.3) is 0 Å². The average Bonchev–Trinajstić information content (AvgIpc) is 2.66. The summed E-state index contributed by atoms with van der Waals surface area (Å²) in [6.45, 7) is 2.84. The third kappa shape index (κ3) is 4.75. The lowest BCUT2D eigenvalue weighted by Gasteiger charge is -2.33. The summed E-state index contributed by atoms with van der Waals surface area (Å²) in [6, 6.07) is 12.2. The van der Waals surface area contributed by atoms with Gasteiger partial charge in [-0.3, -0.25) is 15.7 Å². The number of likely N-dealkylation sites (tertiary alicyclic amines) is 1. The topological polar surface area (TPSA) is 80.2 Å². The Kier molecular flexibility index (Phi) is 6.50. The second-order valence-electron chi connectivity index (χ2n) is 6.76. The maximum Gasteiger partial charge on any atom is 0.0634 e. The van der Waals surface area contributed by atoms with Gasteiger partial charge in [0, 0.05) is 42.7 Å². The Labute approximate surface area is 160 Å². The molecule has 3 rings (SSSR count). The first-order valence-electron chi connectivity index (χ1n) is 8.97. The van der Waals surface area contributed by atoms with Gasteiger partial charge in [-0.05, 0) is 43.1 Å². The summed E-state index contributed by atoms with van der Waals surface area (Å²) < 4.78 is 0. The fraction of sp³-hybridized carbons (Fsp3) is 0.350. The van der Waals surface area contributed by atoms with E-state index < -0.39 is 0 Å². The molecule has 2 aromatic rings. The van der Waals surface area contributed by atoms with Crippen LogP contribution in [-0.2, 0) is 13.0 Å². The van der Waals surface area contributed by atoms with Crippen molar-refractivity contribution in [2.75, 3.05) is 13.1 Å². The number of allylic oxidation sites excluding steroid dienone is 2. The van der Waals surface area contributed by atoms with Crippen molar-refractivity contribution in [2.45, 2.75) is 25.8 Å². The number of hydrogen-bond donors (Lipinski definition) is 3. The van der Waals surface area contributed by atoms with Crippen molar-refractivity contribution in [3.05, 3.63) is 76.3 Å². The van der Waals surface area contributed by atoms with Gasteiger partial charge in [0.15, 0.2) is 0 Å². The first kappa shape index (κ1) is 18.7. The molecule has 0 radical (unpaired) electrons. The third-order valence-corrected chi connectivity index (χ3v) is 5.33. The zero-order valence-corrected chi connectivity index (χ0v) is 15.6. The minimum atomic E-state index is 0.368. The number of hydrazine groups is 1. The van der Waals surface area contributed by atoms with E-state index in [-0.39, 0.29) is 0 Å². The maximum atomic E-state index is 6.37. The highest BCUT2D eigenvalue weighted by Crippen LogP contribution is 2.26. The van der Waals surface area contributed by atoms with Crippen LogP contribution in [0.4, 0.5) is 0 Å². The number of benzene rings is 1. The van der Waals surface area contributed by atoms with E-state index >= 15 is 0 Å². The molecule has 2 heterocycles. The predicted octanol–water partition coefficient (Wildman–Crippen LogP) is 2.82. The number of halogens is 1. The maximum absolute atomic E-state index is 6.37. The number of piperidine rings is 1. The highest BCUT2D eigenvalue weighted by atomic mass is 35.5. The number of nitrogens with two attached hydrogens (primary N) is 2. The van der Waals surface area contributed by atoms with Gasteiger partial charge < -0.3 is 11.2 Å². The number of nitrogens with one attached hydrogen (secondary N) is 1. The molecule has 138 valence electrons. The molecule has 0 atom stereocenters. The zero-order chi connectivity index (χ0) is 18.4. The second kappa shape index (κ2) is 9.03. The van der Waals surface area contributed by atoms with E-state index in [1.54, 1.807) is 12.4 Å². The Morgan fingerprint density at radius 2 is 1.92 bits per heavy atom. The molecular formula is C20H26ClN5. The van der Waals surface area contributed by atoms with Gasteiger partial charge in [-0.1, -0.05) is 41.9 Å². The van der Waals surface area contributed by atoms with Crippen molar-refractivity contribution >= 4 is 11.6 Å². The van der Waals surface area contributed by atoms with E-state index in [1.165, 1.54) is 5.56 Å². The van der Waals surface area contributed by atoms with Crippen molar-refractivity contribution in [1.82, 2.24) is 15.3 Å². The van der Waals surface area contributed by atoms with Crippen LogP contribution < -0.4 is 17.0 Å². The SMILES string of the molecule is NN/C(=C(\N)Cc1ccccc1)C1CCN(Cc2ccncc2Cl)CC1. The summed E-state index contributed by atoms with van der Waals surface area (Å²) in [6.07, 6.45) is 6.26. The van der Waals surface area contributed by atoms with Gasteiger partial charge in [-0.2, -0.15) is 0 Å². The Morgan fingerprint density at radius 1 is 1.19 bits per heavy atom. The molecule has 0 saturated carbocycles. The fourth-order valence-electron chi connectivity index (χ4n) is 3.54. The standard InChI is InChI=1S/C20H26ClN5/c21-18-13-24-9-6-17(18)14-26-10-7-16(8-11-26)20(25-23)19(22)12-15-4-2-1-3-5-15/h1-6,9,13,16,25H,7-8,10-12,14,22-23H2/b20-19-. The summed E-state index contributed by atoms with van der Waals surface area (Å²) in [5.41, 5.74) is 13.4. The molecule has 0 amide bonds. The van der Waals surface area contributed by atoms with Crippen LogP contribution in [0.25, 0.3) is 0 Å². The number of aromatic nitrogens is 1. The molecule has 0 bridgehead atoms. The average molecular weight is 372 g/mol. The van der Waals surface area contributed by atoms with E-state index in [2.05, 4.69) is 27.4 Å². The van der Waals surface area contributed by atoms with Gasteiger partial charge in [-0.25, -0.2) is 0 Å². The Morgan fingerprint density at radius 3 is 2.58 bits per heavy atom. The molecule has 6 heteroatoms. The van der Waals surface area contributed by atoms with Crippen LogP contribution in [-0.4, -0.2) is 23.0 Å². The minimum absolute atomic E-state index is 0.368. The Bertz CT molecular complexity index is 739. The molecule has 0 aliphatic carbocycles. The van der Waals surface area contributed by atoms with Gasteiger partial charge in [-0.15, -0.1) is 0 Å². The molecule has 1 aliphatic heterocycles. The molecule has 5 N–H and O–H groups in total. The number of rotatable bonds is 6. The molecular weight excluding hydrogens is 346 g/mol. The van der Waals surface area contributed by atoms with Crippen LogP contribution in [0.2, 0.25) is 5.02 Å². The van der Waals surface area contributed by atoms with Crippen LogP contribution in [0.1, 0.15) is 24.0 Å². The van der Waals surface area contributed by atoms with E-state index in [1.807, 2.05) is 24.3 Å². The fourth-order valence-corrected chi connectivity index (χ4v) is 3.72. The molecule has 1 aromatic heterocycles. The summed E-state index contributed by atoms with van der Waals surface area (Å²) in [7, 11) is 0. The smallest absolute Gasteiger partial charge is 0.0634 e. The van der Waals surface area contributed by atoms with Crippen LogP contribution in [0, 0.1) is 5.92 Å². The van der Waals surface area contributed by atoms with Gasteiger partial charge in [0.2, 0.25) is 0 Å². The van der Waals surface area contributed by atoms with Crippen molar-refractivity contribution in [1.29, 1.82) is 0 Å². The highest BCUT2D eigenvalue weighted by Gasteiger charge is 2.24. The second-order valence-corrected chi connectivity index (χ2v) is 7.17. The first-order valence-corrected chi connectivity index (χ1v) is 9.35. The quantitative estimate of drug-likeness (QED) is 0.537. The van der Waals surface area contributed by atoms with E-state index in [0.717, 1.165) is 54.5 Å². The molecule has 1 aromatic carbocycles. The molecule has 1 fully saturated rings. The number of pyridine rings is 1. The largest absolute Gasteiger partial charge is 0.400 e. The van der Waals surface area contributed by atoms with Crippen LogP contribution >= 0.6 is 11.6 Å². The Hall–Kier alpha value is -2.08. The summed E-state index contributed by atoms with van der Waals surface area (Å²) in [4.78, 5) is 6.46. The Balaban J connectivity index is 1.60. The van der Waals surface area contributed by atoms with Gasteiger partial charge >= 0.3 is 0 Å². The lowest BCUT2D eigenvalue weighted by atomic mass is 9.91. The van der Waals surface area contributed by atoms with Crippen molar-refractivity contribution < 1.29 is 0 Å². The van der Waals surface area contributed by atoms with Crippen LogP contribution in [0.3, 0.4) is 0 Å². The third-order valence-electron chi connectivity index (χ3n) is 4.99. The van der Waals surface area contributed by atoms with Crippen molar-refractivity contribution in [2.24, 2.45) is 17.5 Å². The molecule has 0 unspecified atom stereocenters. The first-order chi connectivity index (χ1) is 12.7. The normalized spacial score (nSPS) is 17.0. The molecule has 0 spiro atoms. The van der Waals surface area contributed by atoms with E-state index in [4.69, 9.17) is 23.2 Å². The van der Waals surface area contributed by atoms with E-state index in [0.29, 0.717) is 12.3 Å². The van der Waals surface area contributed by atoms with E-state index in [9.17, 15) is 0 Å². The lowest BCUT2D eigenvalue weighted by molar-refractivity contribution is 0.187. The molecule has 1 aliphatic rings. The predicted molar refractivity (Wildman–Crippen MR) is 106 cm³/mol. The van der Waals surface area contributed by atoms with Crippen LogP contribution in [0.15, 0.2) is 60.2 Å². The molecule has 5 nitrogen and oxygen atoms in total.